The second-order valence-electron chi connectivity index (χ2n) is 4.55. The van der Waals surface area contributed by atoms with Gasteiger partial charge in [-0.05, 0) is 19.8 Å². The van der Waals surface area contributed by atoms with E-state index in [0.29, 0.717) is 5.57 Å². The monoisotopic (exact) mass is 209 g/mol. The van der Waals surface area contributed by atoms with Gasteiger partial charge in [0.2, 0.25) is 5.91 Å². The number of carbonyl (C=O) groups excluding carboxylic acids is 1. The Morgan fingerprint density at radius 1 is 0.933 bits per heavy atom. The highest BCUT2D eigenvalue weighted by Crippen LogP contribution is 2.12. The lowest BCUT2D eigenvalue weighted by atomic mass is 10.1. The summed E-state index contributed by atoms with van der Waals surface area (Å²) in [7, 11) is 0. The summed E-state index contributed by atoms with van der Waals surface area (Å²) < 4.78 is 0. The van der Waals surface area contributed by atoms with E-state index >= 15 is 0 Å². The van der Waals surface area contributed by atoms with Crippen LogP contribution in [-0.4, -0.2) is 23.9 Å². The van der Waals surface area contributed by atoms with Gasteiger partial charge in [0, 0.05) is 18.7 Å². The van der Waals surface area contributed by atoms with Crippen molar-refractivity contribution >= 4 is 5.91 Å². The van der Waals surface area contributed by atoms with Crippen LogP contribution in [0.5, 0.6) is 0 Å². The van der Waals surface area contributed by atoms with Crippen LogP contribution >= 0.6 is 0 Å². The molecule has 0 radical (unpaired) electrons. The standard InChI is InChI=1S/C13H23NO/c1-12(2)13(15)14-10-8-6-4-3-5-7-9-11-14/h1,3-11H2,2H3. The van der Waals surface area contributed by atoms with Gasteiger partial charge in [0.1, 0.15) is 0 Å². The lowest BCUT2D eigenvalue weighted by Gasteiger charge is -2.23. The first kappa shape index (κ1) is 12.3. The van der Waals surface area contributed by atoms with Crippen LogP contribution in [0, 0.1) is 0 Å². The van der Waals surface area contributed by atoms with Crippen molar-refractivity contribution in [2.45, 2.75) is 51.9 Å². The van der Waals surface area contributed by atoms with Crippen LogP contribution < -0.4 is 0 Å². The largest absolute Gasteiger partial charge is 0.339 e. The van der Waals surface area contributed by atoms with E-state index in [0.717, 1.165) is 25.9 Å². The molecule has 0 spiro atoms. The highest BCUT2D eigenvalue weighted by atomic mass is 16.2. The van der Waals surface area contributed by atoms with Gasteiger partial charge in [-0.3, -0.25) is 4.79 Å². The summed E-state index contributed by atoms with van der Waals surface area (Å²) in [6, 6.07) is 0. The Morgan fingerprint density at radius 3 is 1.73 bits per heavy atom. The molecule has 1 fully saturated rings. The van der Waals surface area contributed by atoms with Crippen LogP contribution in [0.4, 0.5) is 0 Å². The summed E-state index contributed by atoms with van der Waals surface area (Å²) in [5.41, 5.74) is 0.673. The molecule has 0 saturated carbocycles. The zero-order chi connectivity index (χ0) is 11.1. The first-order chi connectivity index (χ1) is 7.22. The molecule has 0 N–H and O–H groups in total. The first-order valence-corrected chi connectivity index (χ1v) is 6.16. The van der Waals surface area contributed by atoms with Crippen LogP contribution in [-0.2, 0) is 4.79 Å². The third kappa shape index (κ3) is 4.50. The zero-order valence-corrected chi connectivity index (χ0v) is 9.93. The van der Waals surface area contributed by atoms with E-state index in [9.17, 15) is 4.79 Å². The van der Waals surface area contributed by atoms with Gasteiger partial charge in [0.05, 0.1) is 0 Å². The lowest BCUT2D eigenvalue weighted by Crippen LogP contribution is -2.33. The topological polar surface area (TPSA) is 20.3 Å². The van der Waals surface area contributed by atoms with Crippen molar-refractivity contribution < 1.29 is 4.79 Å². The highest BCUT2D eigenvalue weighted by Gasteiger charge is 2.13. The number of hydrogen-bond donors (Lipinski definition) is 0. The Balaban J connectivity index is 2.44. The smallest absolute Gasteiger partial charge is 0.248 e. The summed E-state index contributed by atoms with van der Waals surface area (Å²) in [5.74, 6) is 0.149. The summed E-state index contributed by atoms with van der Waals surface area (Å²) in [6.45, 7) is 7.39. The molecule has 1 aliphatic heterocycles. The maximum atomic E-state index is 11.8. The van der Waals surface area contributed by atoms with Gasteiger partial charge in [-0.1, -0.05) is 38.7 Å². The average molecular weight is 209 g/mol. The van der Waals surface area contributed by atoms with Gasteiger partial charge in [-0.25, -0.2) is 0 Å². The Labute approximate surface area is 93.3 Å². The maximum absolute atomic E-state index is 11.8. The van der Waals surface area contributed by atoms with Crippen molar-refractivity contribution in [1.82, 2.24) is 4.90 Å². The van der Waals surface area contributed by atoms with Crippen molar-refractivity contribution in [2.75, 3.05) is 13.1 Å². The Morgan fingerprint density at radius 2 is 1.33 bits per heavy atom. The predicted molar refractivity (Wildman–Crippen MR) is 63.7 cm³/mol. The third-order valence-corrected chi connectivity index (χ3v) is 3.01. The minimum Gasteiger partial charge on any atom is -0.339 e. The summed E-state index contributed by atoms with van der Waals surface area (Å²) >= 11 is 0. The average Bonchev–Trinajstić information content (AvgIpc) is 2.24. The predicted octanol–water partition coefficient (Wildman–Crippen LogP) is 3.14. The molecule has 0 bridgehead atoms. The minimum absolute atomic E-state index is 0.149. The van der Waals surface area contributed by atoms with Crippen LogP contribution in [0.1, 0.15) is 51.9 Å². The summed E-state index contributed by atoms with van der Waals surface area (Å²) in [4.78, 5) is 13.8. The number of carbonyl (C=O) groups is 1. The second kappa shape index (κ2) is 6.65. The molecular weight excluding hydrogens is 186 g/mol. The normalized spacial score (nSPS) is 19.7. The van der Waals surface area contributed by atoms with Crippen molar-refractivity contribution in [3.05, 3.63) is 12.2 Å². The van der Waals surface area contributed by atoms with Crippen LogP contribution in [0.3, 0.4) is 0 Å². The molecule has 1 amide bonds. The summed E-state index contributed by atoms with van der Waals surface area (Å²) in [5, 5.41) is 0. The number of hydrogen-bond acceptors (Lipinski definition) is 1. The van der Waals surface area contributed by atoms with Crippen LogP contribution in [0.2, 0.25) is 0 Å². The molecule has 0 aromatic heterocycles. The molecule has 1 heterocycles. The number of rotatable bonds is 1. The maximum Gasteiger partial charge on any atom is 0.248 e. The summed E-state index contributed by atoms with van der Waals surface area (Å²) in [6.07, 6.45) is 8.86. The molecule has 0 aromatic carbocycles. The highest BCUT2D eigenvalue weighted by molar-refractivity contribution is 5.92. The molecule has 15 heavy (non-hydrogen) atoms. The van der Waals surface area contributed by atoms with E-state index in [1.165, 1.54) is 32.1 Å². The molecule has 1 saturated heterocycles. The fourth-order valence-corrected chi connectivity index (χ4v) is 2.07. The Kier molecular flexibility index (Phi) is 5.44. The van der Waals surface area contributed by atoms with Crippen molar-refractivity contribution in [3.63, 3.8) is 0 Å². The van der Waals surface area contributed by atoms with Gasteiger partial charge < -0.3 is 4.90 Å². The molecule has 0 aliphatic carbocycles. The Hall–Kier alpha value is -0.790. The van der Waals surface area contributed by atoms with Crippen LogP contribution in [0.25, 0.3) is 0 Å². The second-order valence-corrected chi connectivity index (χ2v) is 4.55. The van der Waals surface area contributed by atoms with Gasteiger partial charge in [-0.15, -0.1) is 0 Å². The number of nitrogens with zero attached hydrogens (tertiary/aromatic N) is 1. The van der Waals surface area contributed by atoms with E-state index in [-0.39, 0.29) is 5.91 Å². The van der Waals surface area contributed by atoms with Crippen molar-refractivity contribution in [2.24, 2.45) is 0 Å². The molecule has 0 unspecified atom stereocenters. The molecule has 2 nitrogen and oxygen atoms in total. The molecule has 86 valence electrons. The van der Waals surface area contributed by atoms with Gasteiger partial charge in [0.25, 0.3) is 0 Å². The molecule has 1 rings (SSSR count). The van der Waals surface area contributed by atoms with E-state index in [2.05, 4.69) is 6.58 Å². The quantitative estimate of drug-likeness (QED) is 0.608. The Bertz CT molecular complexity index is 213. The first-order valence-electron chi connectivity index (χ1n) is 6.16. The molecule has 0 atom stereocenters. The van der Waals surface area contributed by atoms with Gasteiger partial charge in [0.15, 0.2) is 0 Å². The SMILES string of the molecule is C=C(C)C(=O)N1CCCCCCCCC1. The molecular formula is C13H23NO. The van der Waals surface area contributed by atoms with Gasteiger partial charge in [-0.2, -0.15) is 0 Å². The van der Waals surface area contributed by atoms with E-state index in [1.54, 1.807) is 6.92 Å². The van der Waals surface area contributed by atoms with Crippen molar-refractivity contribution in [3.8, 4) is 0 Å². The fourth-order valence-electron chi connectivity index (χ4n) is 2.07. The van der Waals surface area contributed by atoms with Crippen molar-refractivity contribution in [1.29, 1.82) is 0 Å². The molecule has 2 heteroatoms. The lowest BCUT2D eigenvalue weighted by molar-refractivity contribution is -0.127. The number of amides is 1. The van der Waals surface area contributed by atoms with E-state index < -0.39 is 0 Å². The zero-order valence-electron chi connectivity index (χ0n) is 9.93. The van der Waals surface area contributed by atoms with E-state index in [1.807, 2.05) is 4.90 Å². The molecule has 1 aliphatic rings. The third-order valence-electron chi connectivity index (χ3n) is 3.01. The van der Waals surface area contributed by atoms with Crippen LogP contribution in [0.15, 0.2) is 12.2 Å². The fraction of sp³-hybridized carbons (Fsp3) is 0.769. The van der Waals surface area contributed by atoms with Gasteiger partial charge >= 0.3 is 0 Å². The van der Waals surface area contributed by atoms with E-state index in [4.69, 9.17) is 0 Å². The molecule has 0 aromatic rings. The minimum atomic E-state index is 0.149.